The fraction of sp³-hybridized carbons (Fsp3) is 0.929. The summed E-state index contributed by atoms with van der Waals surface area (Å²) in [5, 5.41) is 199. The van der Waals surface area contributed by atoms with E-state index in [-0.39, 0.29) is 0 Å². The molecular formula is C42H73N3O31. The molecular weight excluding hydrogens is 1040 g/mol. The van der Waals surface area contributed by atoms with Crippen molar-refractivity contribution < 1.29 is 154 Å². The van der Waals surface area contributed by atoms with Crippen LogP contribution in [-0.2, 0) is 61.8 Å². The molecule has 0 spiro atoms. The van der Waals surface area contributed by atoms with Crippen LogP contribution in [0.15, 0.2) is 0 Å². The summed E-state index contributed by atoms with van der Waals surface area (Å²) < 4.78 is 56.8. The second kappa shape index (κ2) is 28.6. The zero-order valence-electron chi connectivity index (χ0n) is 41.0. The molecule has 0 saturated carbocycles. The third kappa shape index (κ3) is 14.8. The van der Waals surface area contributed by atoms with Gasteiger partial charge in [0.15, 0.2) is 31.5 Å². The van der Waals surface area contributed by atoms with Crippen LogP contribution in [0.5, 0.6) is 0 Å². The van der Waals surface area contributed by atoms with Crippen molar-refractivity contribution in [2.75, 3.05) is 46.2 Å². The minimum atomic E-state index is -2.34. The van der Waals surface area contributed by atoms with Crippen molar-refractivity contribution in [2.24, 2.45) is 0 Å². The molecule has 5 fully saturated rings. The molecule has 5 heterocycles. The largest absolute Gasteiger partial charge is 0.394 e. The molecule has 5 rings (SSSR count). The van der Waals surface area contributed by atoms with Crippen LogP contribution in [0.2, 0.25) is 0 Å². The van der Waals surface area contributed by atoms with Crippen LogP contribution in [0.3, 0.4) is 0 Å². The summed E-state index contributed by atoms with van der Waals surface area (Å²) in [4.78, 5) is 36.9. The molecule has 3 amide bonds. The van der Waals surface area contributed by atoms with Gasteiger partial charge in [-0.25, -0.2) is 0 Å². The topological polar surface area (TPSA) is 544 Å². The number of rotatable bonds is 23. The lowest BCUT2D eigenvalue weighted by atomic mass is 9.94. The first-order valence-corrected chi connectivity index (χ1v) is 24.0. The maximum absolute atomic E-state index is 12.6. The SMILES string of the molecule is CC(=O)N[C@H]1[C@H](OC[C@@H](O)[C@H](O)[C@H](O[C@@H]2O[C@H](CO)[C@@H](O[C@@H]3O[C@H](CO)[C@H](O)[C@H](O[C@@H]4O[C@H](CO)[C@@H](O)[C@H](O)[C@H]4NC(C)=O)[C@H]3O)[C@H](O)[C@H]2NC(C)=O)[C@@H](O)CO)O[C@H](CO)[C@@H](O[C@@H]2O[C@H](CO)[C@H](O)[C@H](O)[C@H]2O)[C@@H]1O. The van der Waals surface area contributed by atoms with Gasteiger partial charge >= 0.3 is 0 Å². The Bertz CT molecular complexity index is 1820. The molecule has 0 aromatic carbocycles. The summed E-state index contributed by atoms with van der Waals surface area (Å²) in [6.45, 7) is -3.95. The highest BCUT2D eigenvalue weighted by atomic mass is 16.8. The standard InChI is InChI=1S/C42H73N3O31/c1-11(52)43-21-28(61)25(58)16(5-47)68-39(21)76-37-27(60)18(7-49)70-42(33(37)66)75-36-20(9-51)72-40(23(30(36)63)45-13(3)54)73-34(14(55)4-46)24(57)15(56)10-67-38-22(44-12(2)53)29(62)35(19(8-50)71-38)74-41-32(65)31(64)26(59)17(6-48)69-41/h14-42,46-51,55-66H,4-10H2,1-3H3,(H,43,52)(H,44,53)(H,45,54)/t14-,15+,16+,17+,18+,19+,20+,21+,22+,23+,24-,25+,26-,27-,28+,29+,30+,31-,32+,33+,34+,35+,36+,37-,38+,39-,40-,41-,42-/m0/s1. The first-order valence-electron chi connectivity index (χ1n) is 24.0. The smallest absolute Gasteiger partial charge is 0.217 e. The van der Waals surface area contributed by atoms with Crippen molar-refractivity contribution in [3.05, 3.63) is 0 Å². The van der Waals surface area contributed by atoms with Crippen molar-refractivity contribution in [2.45, 2.75) is 199 Å². The van der Waals surface area contributed by atoms with Crippen LogP contribution in [0.25, 0.3) is 0 Å². The highest BCUT2D eigenvalue weighted by Gasteiger charge is 2.56. The summed E-state index contributed by atoms with van der Waals surface area (Å²) in [6.07, 6.45) is -49.3. The van der Waals surface area contributed by atoms with E-state index in [0.717, 1.165) is 20.8 Å². The number of nitrogens with one attached hydrogen (secondary N) is 3. The van der Waals surface area contributed by atoms with Crippen LogP contribution in [0.1, 0.15) is 20.8 Å². The van der Waals surface area contributed by atoms with Crippen molar-refractivity contribution in [1.29, 1.82) is 0 Å². The van der Waals surface area contributed by atoms with E-state index in [4.69, 9.17) is 47.4 Å². The summed E-state index contributed by atoms with van der Waals surface area (Å²) in [5.74, 6) is -2.44. The molecule has 5 aliphatic rings. The molecule has 34 nitrogen and oxygen atoms in total. The van der Waals surface area contributed by atoms with E-state index in [9.17, 15) is 106 Å². The fourth-order valence-corrected chi connectivity index (χ4v) is 9.23. The monoisotopic (exact) mass is 1120 g/mol. The first-order chi connectivity index (χ1) is 35.9. The number of ether oxygens (including phenoxy) is 10. The van der Waals surface area contributed by atoms with Gasteiger partial charge < -0.3 is 155 Å². The van der Waals surface area contributed by atoms with E-state index in [2.05, 4.69) is 16.0 Å². The van der Waals surface area contributed by atoms with E-state index in [1.165, 1.54) is 0 Å². The van der Waals surface area contributed by atoms with E-state index < -0.39 is 242 Å². The van der Waals surface area contributed by atoms with Crippen molar-refractivity contribution in [1.82, 2.24) is 16.0 Å². The van der Waals surface area contributed by atoms with Gasteiger partial charge in [-0.1, -0.05) is 0 Å². The molecule has 0 aliphatic carbocycles. The number of hydrogen-bond acceptors (Lipinski definition) is 31. The summed E-state index contributed by atoms with van der Waals surface area (Å²) in [6, 6.07) is -5.07. The van der Waals surface area contributed by atoms with Crippen LogP contribution in [-0.4, -0.2) is 334 Å². The van der Waals surface area contributed by atoms with Gasteiger partial charge in [0.25, 0.3) is 0 Å². The average molecular weight is 1120 g/mol. The van der Waals surface area contributed by atoms with Gasteiger partial charge in [0.05, 0.1) is 46.2 Å². The van der Waals surface area contributed by atoms with Crippen LogP contribution < -0.4 is 16.0 Å². The van der Waals surface area contributed by atoms with E-state index in [1.54, 1.807) is 0 Å². The lowest BCUT2D eigenvalue weighted by Crippen LogP contribution is -2.69. The lowest BCUT2D eigenvalue weighted by Gasteiger charge is -2.49. The Kier molecular flexibility index (Phi) is 24.1. The Labute approximate surface area is 431 Å². The van der Waals surface area contributed by atoms with Crippen molar-refractivity contribution >= 4 is 17.7 Å². The molecule has 76 heavy (non-hydrogen) atoms. The second-order valence-corrected chi connectivity index (χ2v) is 18.8. The van der Waals surface area contributed by atoms with Gasteiger partial charge in [0.2, 0.25) is 17.7 Å². The van der Waals surface area contributed by atoms with Gasteiger partial charge in [-0.2, -0.15) is 0 Å². The number of carbonyl (C=O) groups excluding carboxylic acids is 3. The Morgan fingerprint density at radius 2 is 0.803 bits per heavy atom. The Morgan fingerprint density at radius 3 is 1.26 bits per heavy atom. The molecule has 5 saturated heterocycles. The lowest BCUT2D eigenvalue weighted by molar-refractivity contribution is -0.372. The number of aliphatic hydroxyl groups excluding tert-OH is 18. The molecule has 0 aromatic rings. The molecule has 0 bridgehead atoms. The van der Waals surface area contributed by atoms with Crippen molar-refractivity contribution in [3.63, 3.8) is 0 Å². The van der Waals surface area contributed by atoms with Crippen LogP contribution in [0.4, 0.5) is 0 Å². The first kappa shape index (κ1) is 64.1. The summed E-state index contributed by atoms with van der Waals surface area (Å²) in [5.41, 5.74) is 0. The third-order valence-corrected chi connectivity index (χ3v) is 13.3. The van der Waals surface area contributed by atoms with Crippen LogP contribution in [0, 0.1) is 0 Å². The molecule has 0 radical (unpaired) electrons. The maximum Gasteiger partial charge on any atom is 0.217 e. The highest BCUT2D eigenvalue weighted by molar-refractivity contribution is 5.74. The molecule has 442 valence electrons. The van der Waals surface area contributed by atoms with Gasteiger partial charge in [-0.3, -0.25) is 14.4 Å². The fourth-order valence-electron chi connectivity index (χ4n) is 9.23. The summed E-state index contributed by atoms with van der Waals surface area (Å²) in [7, 11) is 0. The minimum Gasteiger partial charge on any atom is -0.394 e. The number of hydrogen-bond donors (Lipinski definition) is 21. The molecule has 5 aliphatic heterocycles. The van der Waals surface area contributed by atoms with Gasteiger partial charge in [0, 0.05) is 20.8 Å². The molecule has 0 aromatic heterocycles. The quantitative estimate of drug-likeness (QED) is 0.0452. The molecule has 29 atom stereocenters. The van der Waals surface area contributed by atoms with Gasteiger partial charge in [-0.15, -0.1) is 0 Å². The average Bonchev–Trinajstić information content (AvgIpc) is 3.38. The molecule has 21 N–H and O–H groups in total. The minimum absolute atomic E-state index is 0.752. The summed E-state index contributed by atoms with van der Waals surface area (Å²) >= 11 is 0. The van der Waals surface area contributed by atoms with Crippen molar-refractivity contribution in [3.8, 4) is 0 Å². The molecule has 34 heteroatoms. The maximum atomic E-state index is 12.6. The zero-order chi connectivity index (χ0) is 56.6. The van der Waals surface area contributed by atoms with Gasteiger partial charge in [-0.05, 0) is 0 Å². The Balaban J connectivity index is 1.32. The molecule has 0 unspecified atom stereocenters. The number of aliphatic hydroxyl groups is 18. The van der Waals surface area contributed by atoms with E-state index in [0.29, 0.717) is 0 Å². The zero-order valence-corrected chi connectivity index (χ0v) is 41.0. The third-order valence-electron chi connectivity index (χ3n) is 13.3. The number of amides is 3. The Morgan fingerprint density at radius 1 is 0.421 bits per heavy atom. The predicted octanol–water partition coefficient (Wildman–Crippen LogP) is -14.0. The highest BCUT2D eigenvalue weighted by Crippen LogP contribution is 2.35. The Hall–Kier alpha value is -2.71. The van der Waals surface area contributed by atoms with Crippen LogP contribution >= 0.6 is 0 Å². The predicted molar refractivity (Wildman–Crippen MR) is 236 cm³/mol. The normalized spacial score (nSPS) is 43.8. The van der Waals surface area contributed by atoms with E-state index >= 15 is 0 Å². The second-order valence-electron chi connectivity index (χ2n) is 18.8. The van der Waals surface area contributed by atoms with Gasteiger partial charge in [0.1, 0.15) is 146 Å². The number of carbonyl (C=O) groups is 3. The van der Waals surface area contributed by atoms with E-state index in [1.807, 2.05) is 0 Å².